The van der Waals surface area contributed by atoms with Crippen molar-refractivity contribution in [2.45, 2.75) is 33.0 Å². The number of nitrogens with one attached hydrogen (secondary N) is 1. The van der Waals surface area contributed by atoms with Crippen molar-refractivity contribution in [2.24, 2.45) is 0 Å². The Hall–Kier alpha value is -1.19. The molecule has 1 aromatic rings. The fraction of sp³-hybridized carbons (Fsp3) is 0.533. The van der Waals surface area contributed by atoms with Gasteiger partial charge in [-0.1, -0.05) is 29.8 Å². The van der Waals surface area contributed by atoms with Crippen molar-refractivity contribution in [1.82, 2.24) is 0 Å². The van der Waals surface area contributed by atoms with Gasteiger partial charge in [0.25, 0.3) is 0 Å². The highest BCUT2D eigenvalue weighted by Crippen LogP contribution is 2.04. The molecular weight excluding hydrogens is 226 g/mol. The van der Waals surface area contributed by atoms with Crippen molar-refractivity contribution in [3.05, 3.63) is 35.4 Å². The van der Waals surface area contributed by atoms with Gasteiger partial charge in [0.05, 0.1) is 0 Å². The summed E-state index contributed by atoms with van der Waals surface area (Å²) in [6.07, 6.45) is 0.490. The Kier molecular flexibility index (Phi) is 4.15. The van der Waals surface area contributed by atoms with E-state index in [9.17, 15) is 4.79 Å². The lowest BCUT2D eigenvalue weighted by molar-refractivity contribution is -0.906. The van der Waals surface area contributed by atoms with E-state index in [-0.39, 0.29) is 18.0 Å². The summed E-state index contributed by atoms with van der Waals surface area (Å²) in [4.78, 5) is 13.5. The van der Waals surface area contributed by atoms with Crippen molar-refractivity contribution in [3.8, 4) is 0 Å². The van der Waals surface area contributed by atoms with Crippen molar-refractivity contribution < 1.29 is 14.4 Å². The molecule has 0 saturated carbocycles. The SMILES string of the molecule is Cc1ccc(C(=O)C[NH+]2C[C@H](C)O[C@@H](C)C2)cc1. The lowest BCUT2D eigenvalue weighted by atomic mass is 10.1. The van der Waals surface area contributed by atoms with Crippen LogP contribution in [0.4, 0.5) is 0 Å². The number of quaternary nitrogens is 1. The van der Waals surface area contributed by atoms with Gasteiger partial charge in [-0.15, -0.1) is 0 Å². The average molecular weight is 248 g/mol. The third kappa shape index (κ3) is 3.40. The lowest BCUT2D eigenvalue weighted by Crippen LogP contribution is -3.16. The van der Waals surface area contributed by atoms with E-state index >= 15 is 0 Å². The van der Waals surface area contributed by atoms with Crippen LogP contribution in [0.25, 0.3) is 0 Å². The molecule has 0 amide bonds. The number of hydrogen-bond donors (Lipinski definition) is 1. The second-order valence-electron chi connectivity index (χ2n) is 5.38. The van der Waals surface area contributed by atoms with E-state index < -0.39 is 0 Å². The molecule has 3 heteroatoms. The van der Waals surface area contributed by atoms with Crippen LogP contribution in [0.15, 0.2) is 24.3 Å². The van der Waals surface area contributed by atoms with Gasteiger partial charge >= 0.3 is 0 Å². The molecule has 2 atom stereocenters. The number of carbonyl (C=O) groups excluding carboxylic acids is 1. The number of carbonyl (C=O) groups is 1. The van der Waals surface area contributed by atoms with Gasteiger partial charge < -0.3 is 9.64 Å². The highest BCUT2D eigenvalue weighted by atomic mass is 16.5. The molecule has 1 saturated heterocycles. The van der Waals surface area contributed by atoms with Gasteiger partial charge in [-0.3, -0.25) is 4.79 Å². The molecule has 0 bridgehead atoms. The summed E-state index contributed by atoms with van der Waals surface area (Å²) < 4.78 is 5.69. The van der Waals surface area contributed by atoms with E-state index in [1.165, 1.54) is 10.5 Å². The molecule has 1 N–H and O–H groups in total. The molecule has 98 valence electrons. The summed E-state index contributed by atoms with van der Waals surface area (Å²) in [6, 6.07) is 7.83. The maximum absolute atomic E-state index is 12.2. The van der Waals surface area contributed by atoms with Gasteiger partial charge in [-0.05, 0) is 20.8 Å². The van der Waals surface area contributed by atoms with Crippen LogP contribution in [0.1, 0.15) is 29.8 Å². The van der Waals surface area contributed by atoms with E-state index in [1.54, 1.807) is 0 Å². The first-order valence-electron chi connectivity index (χ1n) is 6.63. The van der Waals surface area contributed by atoms with Gasteiger partial charge in [0.15, 0.2) is 0 Å². The number of morpholine rings is 1. The van der Waals surface area contributed by atoms with Crippen molar-refractivity contribution in [1.29, 1.82) is 0 Å². The van der Waals surface area contributed by atoms with Crippen LogP contribution in [-0.4, -0.2) is 37.6 Å². The number of Topliss-reactive ketones (excluding diaryl/α,β-unsaturated/α-hetero) is 1. The fourth-order valence-electron chi connectivity index (χ4n) is 2.60. The van der Waals surface area contributed by atoms with Gasteiger partial charge in [-0.2, -0.15) is 0 Å². The van der Waals surface area contributed by atoms with E-state index in [2.05, 4.69) is 13.8 Å². The average Bonchev–Trinajstić information content (AvgIpc) is 2.28. The number of rotatable bonds is 3. The Morgan fingerprint density at radius 1 is 1.22 bits per heavy atom. The van der Waals surface area contributed by atoms with Crippen LogP contribution in [-0.2, 0) is 4.74 Å². The van der Waals surface area contributed by atoms with Crippen LogP contribution in [0.5, 0.6) is 0 Å². The lowest BCUT2D eigenvalue weighted by Gasteiger charge is -2.31. The largest absolute Gasteiger partial charge is 0.364 e. The molecule has 1 heterocycles. The summed E-state index contributed by atoms with van der Waals surface area (Å²) >= 11 is 0. The highest BCUT2D eigenvalue weighted by molar-refractivity contribution is 5.96. The molecule has 0 spiro atoms. The van der Waals surface area contributed by atoms with Crippen LogP contribution in [0, 0.1) is 6.92 Å². The van der Waals surface area contributed by atoms with Crippen LogP contribution < -0.4 is 4.90 Å². The summed E-state index contributed by atoms with van der Waals surface area (Å²) in [5.74, 6) is 0.228. The topological polar surface area (TPSA) is 30.7 Å². The molecule has 0 aromatic heterocycles. The zero-order valence-corrected chi connectivity index (χ0v) is 11.4. The van der Waals surface area contributed by atoms with Crippen LogP contribution in [0.3, 0.4) is 0 Å². The number of aryl methyl sites for hydroxylation is 1. The minimum atomic E-state index is 0.228. The minimum absolute atomic E-state index is 0.228. The maximum atomic E-state index is 12.2. The minimum Gasteiger partial charge on any atom is -0.364 e. The predicted molar refractivity (Wildman–Crippen MR) is 71.1 cm³/mol. The fourth-order valence-corrected chi connectivity index (χ4v) is 2.60. The molecule has 18 heavy (non-hydrogen) atoms. The van der Waals surface area contributed by atoms with Gasteiger partial charge in [-0.25, -0.2) is 0 Å². The second kappa shape index (κ2) is 5.63. The molecular formula is C15H22NO2+. The Bertz CT molecular complexity index is 403. The molecule has 1 fully saturated rings. The number of ketones is 1. The monoisotopic (exact) mass is 248 g/mol. The predicted octanol–water partition coefficient (Wildman–Crippen LogP) is 0.870. The van der Waals surface area contributed by atoms with E-state index in [1.807, 2.05) is 31.2 Å². The Morgan fingerprint density at radius 2 is 1.78 bits per heavy atom. The smallest absolute Gasteiger partial charge is 0.216 e. The molecule has 3 nitrogen and oxygen atoms in total. The van der Waals surface area contributed by atoms with E-state index in [0.29, 0.717) is 6.54 Å². The Balaban J connectivity index is 1.96. The zero-order valence-electron chi connectivity index (χ0n) is 11.4. The van der Waals surface area contributed by atoms with E-state index in [0.717, 1.165) is 18.7 Å². The zero-order chi connectivity index (χ0) is 13.1. The third-order valence-corrected chi connectivity index (χ3v) is 3.40. The maximum Gasteiger partial charge on any atom is 0.216 e. The number of benzene rings is 1. The quantitative estimate of drug-likeness (QED) is 0.805. The standard InChI is InChI=1S/C15H21NO2/c1-11-4-6-14(7-5-11)15(17)10-16-8-12(2)18-13(3)9-16/h4-7,12-13H,8-10H2,1-3H3/p+1/t12-,13-/m0/s1. The van der Waals surface area contributed by atoms with Gasteiger partial charge in [0.1, 0.15) is 31.8 Å². The van der Waals surface area contributed by atoms with Gasteiger partial charge in [0.2, 0.25) is 5.78 Å². The van der Waals surface area contributed by atoms with Crippen molar-refractivity contribution in [2.75, 3.05) is 19.6 Å². The molecule has 0 unspecified atom stereocenters. The Labute approximate surface area is 109 Å². The summed E-state index contributed by atoms with van der Waals surface area (Å²) in [6.45, 7) is 8.59. The molecule has 1 aromatic carbocycles. The normalized spacial score (nSPS) is 28.1. The third-order valence-electron chi connectivity index (χ3n) is 3.40. The highest BCUT2D eigenvalue weighted by Gasteiger charge is 2.27. The molecule has 0 radical (unpaired) electrons. The summed E-state index contributed by atoms with van der Waals surface area (Å²) in [5, 5.41) is 0. The molecule has 0 aliphatic carbocycles. The first-order chi connectivity index (χ1) is 8.54. The second-order valence-corrected chi connectivity index (χ2v) is 5.38. The van der Waals surface area contributed by atoms with E-state index in [4.69, 9.17) is 4.74 Å². The molecule has 2 rings (SSSR count). The first kappa shape index (κ1) is 13.2. The number of ether oxygens (including phenoxy) is 1. The number of hydrogen-bond acceptors (Lipinski definition) is 2. The Morgan fingerprint density at radius 3 is 2.33 bits per heavy atom. The van der Waals surface area contributed by atoms with Crippen molar-refractivity contribution in [3.63, 3.8) is 0 Å². The van der Waals surface area contributed by atoms with Gasteiger partial charge in [0, 0.05) is 5.56 Å². The van der Waals surface area contributed by atoms with Crippen LogP contribution in [0.2, 0.25) is 0 Å². The summed E-state index contributed by atoms with van der Waals surface area (Å²) in [5.41, 5.74) is 2.01. The molecule has 1 aliphatic rings. The molecule has 1 aliphatic heterocycles. The first-order valence-corrected chi connectivity index (χ1v) is 6.63. The van der Waals surface area contributed by atoms with Crippen molar-refractivity contribution >= 4 is 5.78 Å². The summed E-state index contributed by atoms with van der Waals surface area (Å²) in [7, 11) is 0. The van der Waals surface area contributed by atoms with Crippen LogP contribution >= 0.6 is 0 Å².